The summed E-state index contributed by atoms with van der Waals surface area (Å²) in [5, 5.41) is 3.53. The minimum absolute atomic E-state index is 0.517. The van der Waals surface area contributed by atoms with Crippen LogP contribution in [0, 0.1) is 0 Å². The summed E-state index contributed by atoms with van der Waals surface area (Å²) in [5.74, 6) is 5.93. The highest BCUT2D eigenvalue weighted by atomic mass is 79.9. The number of hydrogen-bond donors (Lipinski definition) is 1. The predicted octanol–water partition coefficient (Wildman–Crippen LogP) is 3.32. The van der Waals surface area contributed by atoms with Crippen molar-refractivity contribution in [3.8, 4) is 5.75 Å². The van der Waals surface area contributed by atoms with Crippen LogP contribution in [0.15, 0.2) is 58.1 Å². The fourth-order valence-corrected chi connectivity index (χ4v) is 1.90. The highest BCUT2D eigenvalue weighted by molar-refractivity contribution is 9.10. The number of nitrogens with zero attached hydrogens (tertiary/aromatic N) is 1. The molecule has 0 aliphatic rings. The Bertz CT molecular complexity index is 541. The molecular weight excluding hydrogens is 292 g/mol. The van der Waals surface area contributed by atoms with Crippen molar-refractivity contribution < 1.29 is 4.74 Å². The third-order valence-electron chi connectivity index (χ3n) is 2.43. The molecule has 0 saturated heterocycles. The standard InChI is InChI=1S/C14H13BrN2O/c15-13-7-6-12(9-17-16)14(8-13)18-10-11-4-2-1-3-5-11/h1-9H,10,16H2. The van der Waals surface area contributed by atoms with Gasteiger partial charge in [0.05, 0.1) is 6.21 Å². The maximum absolute atomic E-state index is 5.78. The number of rotatable bonds is 4. The molecule has 18 heavy (non-hydrogen) atoms. The Morgan fingerprint density at radius 1 is 1.17 bits per heavy atom. The van der Waals surface area contributed by atoms with Crippen LogP contribution in [0.2, 0.25) is 0 Å². The van der Waals surface area contributed by atoms with Crippen molar-refractivity contribution in [2.24, 2.45) is 10.9 Å². The second kappa shape index (κ2) is 6.21. The lowest BCUT2D eigenvalue weighted by Gasteiger charge is -2.09. The van der Waals surface area contributed by atoms with Gasteiger partial charge in [-0.15, -0.1) is 0 Å². The SMILES string of the molecule is NN=Cc1ccc(Br)cc1OCc1ccccc1. The Balaban J connectivity index is 2.15. The summed E-state index contributed by atoms with van der Waals surface area (Å²) >= 11 is 3.42. The summed E-state index contributed by atoms with van der Waals surface area (Å²) in [6, 6.07) is 15.7. The van der Waals surface area contributed by atoms with E-state index in [-0.39, 0.29) is 0 Å². The first kappa shape index (κ1) is 12.6. The van der Waals surface area contributed by atoms with Crippen molar-refractivity contribution in [3.05, 3.63) is 64.1 Å². The highest BCUT2D eigenvalue weighted by Crippen LogP contribution is 2.23. The Labute approximate surface area is 114 Å². The van der Waals surface area contributed by atoms with Gasteiger partial charge in [-0.25, -0.2) is 0 Å². The molecule has 0 aromatic heterocycles. The average molecular weight is 305 g/mol. The van der Waals surface area contributed by atoms with Crippen LogP contribution in [0.3, 0.4) is 0 Å². The fraction of sp³-hybridized carbons (Fsp3) is 0.0714. The van der Waals surface area contributed by atoms with Crippen LogP contribution in [-0.4, -0.2) is 6.21 Å². The molecule has 4 heteroatoms. The highest BCUT2D eigenvalue weighted by Gasteiger charge is 2.03. The molecule has 0 spiro atoms. The van der Waals surface area contributed by atoms with Crippen molar-refractivity contribution >= 4 is 22.1 Å². The smallest absolute Gasteiger partial charge is 0.129 e. The molecule has 0 aliphatic heterocycles. The molecule has 0 saturated carbocycles. The maximum Gasteiger partial charge on any atom is 0.129 e. The van der Waals surface area contributed by atoms with E-state index in [1.165, 1.54) is 0 Å². The van der Waals surface area contributed by atoms with Gasteiger partial charge < -0.3 is 10.6 Å². The maximum atomic E-state index is 5.78. The Kier molecular flexibility index (Phi) is 4.36. The summed E-state index contributed by atoms with van der Waals surface area (Å²) in [5.41, 5.74) is 1.98. The normalized spacial score (nSPS) is 10.7. The molecule has 3 nitrogen and oxygen atoms in total. The van der Waals surface area contributed by atoms with Crippen LogP contribution in [0.25, 0.3) is 0 Å². The zero-order chi connectivity index (χ0) is 12.8. The van der Waals surface area contributed by atoms with Gasteiger partial charge in [0.15, 0.2) is 0 Å². The van der Waals surface area contributed by atoms with E-state index in [1.54, 1.807) is 6.21 Å². The molecular formula is C14H13BrN2O. The van der Waals surface area contributed by atoms with Crippen molar-refractivity contribution in [2.45, 2.75) is 6.61 Å². The zero-order valence-electron chi connectivity index (χ0n) is 9.71. The Morgan fingerprint density at radius 2 is 1.94 bits per heavy atom. The van der Waals surface area contributed by atoms with Gasteiger partial charge in [0.2, 0.25) is 0 Å². The Hall–Kier alpha value is -1.81. The molecule has 2 aromatic carbocycles. The first-order chi connectivity index (χ1) is 8.79. The van der Waals surface area contributed by atoms with Gasteiger partial charge in [0, 0.05) is 10.0 Å². The van der Waals surface area contributed by atoms with Crippen LogP contribution in [0.4, 0.5) is 0 Å². The molecule has 0 aliphatic carbocycles. The third kappa shape index (κ3) is 3.34. The van der Waals surface area contributed by atoms with E-state index in [4.69, 9.17) is 10.6 Å². The molecule has 2 rings (SSSR count). The molecule has 0 fully saturated rings. The van der Waals surface area contributed by atoms with E-state index < -0.39 is 0 Å². The van der Waals surface area contributed by atoms with E-state index >= 15 is 0 Å². The lowest BCUT2D eigenvalue weighted by atomic mass is 10.2. The summed E-state index contributed by atoms with van der Waals surface area (Å²) in [7, 11) is 0. The lowest BCUT2D eigenvalue weighted by Crippen LogP contribution is -1.99. The molecule has 2 aromatic rings. The lowest BCUT2D eigenvalue weighted by molar-refractivity contribution is 0.305. The zero-order valence-corrected chi connectivity index (χ0v) is 11.3. The second-order valence-electron chi connectivity index (χ2n) is 3.73. The minimum atomic E-state index is 0.517. The number of hydrogen-bond acceptors (Lipinski definition) is 3. The van der Waals surface area contributed by atoms with Gasteiger partial charge in [0.1, 0.15) is 12.4 Å². The number of nitrogens with two attached hydrogens (primary N) is 1. The molecule has 92 valence electrons. The monoisotopic (exact) mass is 304 g/mol. The Morgan fingerprint density at radius 3 is 2.67 bits per heavy atom. The van der Waals surface area contributed by atoms with Crippen LogP contribution >= 0.6 is 15.9 Å². The van der Waals surface area contributed by atoms with Gasteiger partial charge in [-0.1, -0.05) is 46.3 Å². The first-order valence-corrected chi connectivity index (χ1v) is 6.28. The van der Waals surface area contributed by atoms with E-state index in [0.29, 0.717) is 6.61 Å². The van der Waals surface area contributed by atoms with Crippen LogP contribution < -0.4 is 10.6 Å². The van der Waals surface area contributed by atoms with E-state index in [1.807, 2.05) is 48.5 Å². The van der Waals surface area contributed by atoms with E-state index in [9.17, 15) is 0 Å². The van der Waals surface area contributed by atoms with Crippen LogP contribution in [0.1, 0.15) is 11.1 Å². The molecule has 0 amide bonds. The predicted molar refractivity (Wildman–Crippen MR) is 76.7 cm³/mol. The fourth-order valence-electron chi connectivity index (χ4n) is 1.56. The molecule has 0 unspecified atom stereocenters. The van der Waals surface area contributed by atoms with Crippen LogP contribution in [-0.2, 0) is 6.61 Å². The summed E-state index contributed by atoms with van der Waals surface area (Å²) in [6.07, 6.45) is 1.58. The van der Waals surface area contributed by atoms with Gasteiger partial charge in [-0.05, 0) is 23.8 Å². The van der Waals surface area contributed by atoms with E-state index in [0.717, 1.165) is 21.3 Å². The molecule has 0 atom stereocenters. The summed E-state index contributed by atoms with van der Waals surface area (Å²) in [6.45, 7) is 0.517. The van der Waals surface area contributed by atoms with Gasteiger partial charge >= 0.3 is 0 Å². The van der Waals surface area contributed by atoms with Crippen molar-refractivity contribution in [2.75, 3.05) is 0 Å². The van der Waals surface area contributed by atoms with Crippen molar-refractivity contribution in [1.29, 1.82) is 0 Å². The first-order valence-electron chi connectivity index (χ1n) is 5.49. The minimum Gasteiger partial charge on any atom is -0.488 e. The number of benzene rings is 2. The van der Waals surface area contributed by atoms with Crippen molar-refractivity contribution in [1.82, 2.24) is 0 Å². The van der Waals surface area contributed by atoms with Crippen molar-refractivity contribution in [3.63, 3.8) is 0 Å². The molecule has 0 bridgehead atoms. The summed E-state index contributed by atoms with van der Waals surface area (Å²) < 4.78 is 6.74. The van der Waals surface area contributed by atoms with E-state index in [2.05, 4.69) is 21.0 Å². The average Bonchev–Trinajstić information content (AvgIpc) is 2.40. The molecule has 0 radical (unpaired) electrons. The number of halogens is 1. The molecule has 2 N–H and O–H groups in total. The van der Waals surface area contributed by atoms with Crippen LogP contribution in [0.5, 0.6) is 5.75 Å². The van der Waals surface area contributed by atoms with Gasteiger partial charge in [0.25, 0.3) is 0 Å². The molecule has 0 heterocycles. The third-order valence-corrected chi connectivity index (χ3v) is 2.92. The topological polar surface area (TPSA) is 47.6 Å². The second-order valence-corrected chi connectivity index (χ2v) is 4.65. The number of ether oxygens (including phenoxy) is 1. The summed E-state index contributed by atoms with van der Waals surface area (Å²) in [4.78, 5) is 0. The number of hydrazone groups is 1. The quantitative estimate of drug-likeness (QED) is 0.535. The van der Waals surface area contributed by atoms with Gasteiger partial charge in [-0.2, -0.15) is 5.10 Å². The largest absolute Gasteiger partial charge is 0.488 e. The van der Waals surface area contributed by atoms with Gasteiger partial charge in [-0.3, -0.25) is 0 Å².